The molecule has 6 nitrogen and oxygen atoms in total. The van der Waals surface area contributed by atoms with Crippen molar-refractivity contribution in [2.75, 3.05) is 0 Å². The fourth-order valence-electron chi connectivity index (χ4n) is 7.29. The van der Waals surface area contributed by atoms with Crippen LogP contribution in [0.1, 0.15) is 116 Å². The SMILES string of the molecule is C1=CC([O][Bi]([O]C2C=CCCC2)[c]2c[c]([Bi]([O]C3C=CCCC3)[O]C3C=CCCC3)c[c]([Bi]([O]C3C=CCCC3)[O]C3C=CCCC3)c2)CCC1. The van der Waals surface area contributed by atoms with Gasteiger partial charge in [0.15, 0.2) is 0 Å². The molecule has 6 aliphatic carbocycles. The van der Waals surface area contributed by atoms with E-state index in [0.29, 0.717) is 0 Å². The van der Waals surface area contributed by atoms with E-state index in [0.717, 1.165) is 77.0 Å². The number of rotatable bonds is 15. The van der Waals surface area contributed by atoms with E-state index in [2.05, 4.69) is 91.1 Å². The molecular formula is C42H57Bi3O6. The Morgan fingerprint density at radius 3 is 0.667 bits per heavy atom. The van der Waals surface area contributed by atoms with E-state index in [9.17, 15) is 0 Å². The van der Waals surface area contributed by atoms with Gasteiger partial charge in [-0.2, -0.15) is 0 Å². The molecule has 0 amide bonds. The van der Waals surface area contributed by atoms with Gasteiger partial charge < -0.3 is 0 Å². The van der Waals surface area contributed by atoms with Crippen molar-refractivity contribution < 1.29 is 16.9 Å². The van der Waals surface area contributed by atoms with E-state index in [1.165, 1.54) is 48.3 Å². The molecule has 6 aliphatic rings. The topological polar surface area (TPSA) is 55.4 Å². The van der Waals surface area contributed by atoms with Gasteiger partial charge in [0, 0.05) is 0 Å². The third-order valence-electron chi connectivity index (χ3n) is 10.2. The number of benzene rings is 1. The second-order valence-corrected chi connectivity index (χ2v) is 31.4. The Hall–Kier alpha value is 0.0694. The summed E-state index contributed by atoms with van der Waals surface area (Å²) in [5, 5.41) is 0. The minimum atomic E-state index is -3.24. The first-order chi connectivity index (χ1) is 25.2. The predicted molar refractivity (Wildman–Crippen MR) is 210 cm³/mol. The van der Waals surface area contributed by atoms with Gasteiger partial charge in [-0.1, -0.05) is 0 Å². The minimum absolute atomic E-state index is 0.119. The Balaban J connectivity index is 1.29. The van der Waals surface area contributed by atoms with Gasteiger partial charge in [0.25, 0.3) is 0 Å². The van der Waals surface area contributed by atoms with Gasteiger partial charge in [-0.15, -0.1) is 0 Å². The Morgan fingerprint density at radius 1 is 0.314 bits per heavy atom. The molecule has 6 atom stereocenters. The van der Waals surface area contributed by atoms with Gasteiger partial charge in [-0.25, -0.2) is 0 Å². The molecule has 6 unspecified atom stereocenters. The molecule has 0 aromatic heterocycles. The maximum absolute atomic E-state index is 7.15. The molecule has 0 radical (unpaired) electrons. The summed E-state index contributed by atoms with van der Waals surface area (Å²) in [7, 11) is 0. The first-order valence-electron chi connectivity index (χ1n) is 19.8. The van der Waals surface area contributed by atoms with Crippen molar-refractivity contribution in [1.29, 1.82) is 0 Å². The van der Waals surface area contributed by atoms with Crippen LogP contribution >= 0.6 is 0 Å². The summed E-state index contributed by atoms with van der Waals surface area (Å²) in [4.78, 5) is 0. The summed E-state index contributed by atoms with van der Waals surface area (Å²) in [6, 6.07) is 7.25. The van der Waals surface area contributed by atoms with Gasteiger partial charge in [-0.3, -0.25) is 0 Å². The summed E-state index contributed by atoms with van der Waals surface area (Å²) < 4.78 is 46.7. The molecule has 0 aliphatic heterocycles. The van der Waals surface area contributed by atoms with E-state index < -0.39 is 67.9 Å². The van der Waals surface area contributed by atoms with Crippen molar-refractivity contribution in [3.8, 4) is 0 Å². The molecule has 0 saturated carbocycles. The summed E-state index contributed by atoms with van der Waals surface area (Å²) in [6.07, 6.45) is 48.4. The van der Waals surface area contributed by atoms with Crippen molar-refractivity contribution in [3.63, 3.8) is 0 Å². The Bertz CT molecular complexity index is 1170. The van der Waals surface area contributed by atoms with Crippen molar-refractivity contribution in [2.45, 2.75) is 152 Å². The Morgan fingerprint density at radius 2 is 0.510 bits per heavy atom. The normalized spacial score (nSPS) is 29.5. The molecule has 1 aromatic rings. The van der Waals surface area contributed by atoms with Gasteiger partial charge in [0.1, 0.15) is 0 Å². The van der Waals surface area contributed by atoms with Crippen LogP contribution in [0.25, 0.3) is 0 Å². The molecule has 0 heterocycles. The van der Waals surface area contributed by atoms with E-state index in [-0.39, 0.29) is 36.6 Å². The van der Waals surface area contributed by atoms with Gasteiger partial charge >= 0.3 is 338 Å². The molecule has 0 saturated heterocycles. The molecule has 0 spiro atoms. The zero-order chi connectivity index (χ0) is 34.5. The molecule has 7 rings (SSSR count). The molecule has 51 heavy (non-hydrogen) atoms. The Kier molecular flexibility index (Phi) is 16.5. The van der Waals surface area contributed by atoms with Crippen LogP contribution in [0.3, 0.4) is 0 Å². The third kappa shape index (κ3) is 12.5. The number of allylic oxidation sites excluding steroid dienone is 6. The summed E-state index contributed by atoms with van der Waals surface area (Å²) in [5.41, 5.74) is 0. The second kappa shape index (κ2) is 21.4. The van der Waals surface area contributed by atoms with Crippen molar-refractivity contribution in [1.82, 2.24) is 0 Å². The molecule has 1 aromatic carbocycles. The summed E-state index contributed by atoms with van der Waals surface area (Å²) >= 11 is -9.73. The van der Waals surface area contributed by atoms with Crippen molar-refractivity contribution >= 4 is 77.7 Å². The van der Waals surface area contributed by atoms with Crippen LogP contribution < -0.4 is 9.81 Å². The summed E-state index contributed by atoms with van der Waals surface area (Å²) in [5.74, 6) is 0. The molecule has 276 valence electrons. The van der Waals surface area contributed by atoms with E-state index in [4.69, 9.17) is 16.9 Å². The summed E-state index contributed by atoms with van der Waals surface area (Å²) in [6.45, 7) is 0. The van der Waals surface area contributed by atoms with Crippen LogP contribution in [-0.4, -0.2) is 105 Å². The Labute approximate surface area is 334 Å². The second-order valence-electron chi connectivity index (χ2n) is 14.5. The maximum atomic E-state index is 7.15. The number of hydrogen-bond acceptors (Lipinski definition) is 6. The average molecular weight is 1280 g/mol. The van der Waals surface area contributed by atoms with Crippen LogP contribution in [0.4, 0.5) is 0 Å². The standard InChI is InChI=1S/6C6H9O.C6H3.3Bi/c6*7-6-4-2-1-3-5-6;1-2-4-6-5-3-1;;;/h6*2,4,6H,1,3,5H2;1,4-5H;;;/q6*-1;;3*+2. The fourth-order valence-corrected chi connectivity index (χ4v) is 31.3. The average Bonchev–Trinajstić information content (AvgIpc) is 3.19. The van der Waals surface area contributed by atoms with Gasteiger partial charge in [0.05, 0.1) is 0 Å². The zero-order valence-electron chi connectivity index (χ0n) is 30.1. The van der Waals surface area contributed by atoms with Crippen LogP contribution in [0.15, 0.2) is 91.1 Å². The molecule has 0 N–H and O–H groups in total. The molecular weight excluding hydrogens is 1230 g/mol. The van der Waals surface area contributed by atoms with E-state index in [1.807, 2.05) is 0 Å². The van der Waals surface area contributed by atoms with E-state index >= 15 is 0 Å². The van der Waals surface area contributed by atoms with Crippen LogP contribution in [0.5, 0.6) is 0 Å². The van der Waals surface area contributed by atoms with Crippen molar-refractivity contribution in [2.24, 2.45) is 0 Å². The molecule has 0 fully saturated rings. The van der Waals surface area contributed by atoms with Gasteiger partial charge in [-0.05, 0) is 0 Å². The molecule has 0 bridgehead atoms. The van der Waals surface area contributed by atoms with Crippen LogP contribution in [0.2, 0.25) is 0 Å². The quantitative estimate of drug-likeness (QED) is 0.134. The first-order valence-corrected chi connectivity index (χ1v) is 33.5. The van der Waals surface area contributed by atoms with Gasteiger partial charge in [0.2, 0.25) is 0 Å². The number of hydrogen-bond donors (Lipinski definition) is 0. The third-order valence-corrected chi connectivity index (χ3v) is 28.9. The monoisotopic (exact) mass is 1280 g/mol. The first kappa shape index (κ1) is 39.3. The van der Waals surface area contributed by atoms with Crippen molar-refractivity contribution in [3.05, 3.63) is 91.1 Å². The molecule has 9 heteroatoms. The van der Waals surface area contributed by atoms with Crippen LogP contribution in [0, 0.1) is 0 Å². The van der Waals surface area contributed by atoms with E-state index in [1.54, 1.807) is 0 Å². The van der Waals surface area contributed by atoms with Crippen LogP contribution in [-0.2, 0) is 16.9 Å². The fraction of sp³-hybridized carbons (Fsp3) is 0.571. The predicted octanol–water partition coefficient (Wildman–Crippen LogP) is 7.52. The zero-order valence-corrected chi connectivity index (χ0v) is 40.6.